The van der Waals surface area contributed by atoms with Crippen LogP contribution < -0.4 is 15.3 Å². The number of aromatic nitrogens is 4. The van der Waals surface area contributed by atoms with Gasteiger partial charge in [-0.2, -0.15) is 5.10 Å². The van der Waals surface area contributed by atoms with Crippen LogP contribution in [0.1, 0.15) is 32.1 Å². The van der Waals surface area contributed by atoms with Crippen LogP contribution in [-0.4, -0.2) is 37.6 Å². The summed E-state index contributed by atoms with van der Waals surface area (Å²) < 4.78 is 8.81. The molecular formula is C20H23N5O2S. The zero-order valence-electron chi connectivity index (χ0n) is 15.9. The zero-order chi connectivity index (χ0) is 19.1. The average molecular weight is 398 g/mol. The van der Waals surface area contributed by atoms with Gasteiger partial charge in [-0.25, -0.2) is 14.5 Å². The number of nitrogens with zero attached hydrogens (tertiary/aromatic N) is 5. The summed E-state index contributed by atoms with van der Waals surface area (Å²) >= 11 is 1.93. The van der Waals surface area contributed by atoms with Crippen LogP contribution in [0.2, 0.25) is 0 Å². The second-order valence-electron chi connectivity index (χ2n) is 7.39. The number of pyridine rings is 2. The van der Waals surface area contributed by atoms with E-state index >= 15 is 0 Å². The van der Waals surface area contributed by atoms with E-state index in [0.29, 0.717) is 24.0 Å². The molecule has 7 nitrogen and oxygen atoms in total. The third-order valence-electron chi connectivity index (χ3n) is 5.46. The second-order valence-corrected chi connectivity index (χ2v) is 8.76. The molecule has 0 N–H and O–H groups in total. The van der Waals surface area contributed by atoms with Gasteiger partial charge in [-0.1, -0.05) is 19.3 Å². The Morgan fingerprint density at radius 1 is 1.21 bits per heavy atom. The first kappa shape index (κ1) is 17.6. The smallest absolute Gasteiger partial charge is 0.350 e. The van der Waals surface area contributed by atoms with Crippen molar-refractivity contribution < 1.29 is 4.74 Å². The Balaban J connectivity index is 1.44. The molecule has 0 atom stereocenters. The third-order valence-corrected chi connectivity index (χ3v) is 6.76. The van der Waals surface area contributed by atoms with Gasteiger partial charge in [0.1, 0.15) is 6.61 Å². The summed E-state index contributed by atoms with van der Waals surface area (Å²) in [5, 5.41) is 4.98. The minimum atomic E-state index is -0.147. The van der Waals surface area contributed by atoms with Crippen LogP contribution in [0, 0.1) is 0 Å². The van der Waals surface area contributed by atoms with Crippen molar-refractivity contribution in [3.05, 3.63) is 41.1 Å². The summed E-state index contributed by atoms with van der Waals surface area (Å²) in [5.41, 5.74) is 1.44. The van der Waals surface area contributed by atoms with E-state index in [0.717, 1.165) is 17.3 Å². The van der Waals surface area contributed by atoms with E-state index in [9.17, 15) is 4.79 Å². The van der Waals surface area contributed by atoms with E-state index in [-0.39, 0.29) is 5.69 Å². The van der Waals surface area contributed by atoms with Gasteiger partial charge in [0.2, 0.25) is 0 Å². The Hall–Kier alpha value is -2.48. The molecule has 3 aromatic rings. The first-order chi connectivity index (χ1) is 13.7. The van der Waals surface area contributed by atoms with Gasteiger partial charge in [0, 0.05) is 41.3 Å². The average Bonchev–Trinajstić information content (AvgIpc) is 3.01. The molecule has 0 spiro atoms. The van der Waals surface area contributed by atoms with Crippen molar-refractivity contribution in [1.82, 2.24) is 19.2 Å². The monoisotopic (exact) mass is 397 g/mol. The summed E-state index contributed by atoms with van der Waals surface area (Å²) in [6, 6.07) is 5.97. The first-order valence-electron chi connectivity index (χ1n) is 9.81. The number of thioether (sulfide) groups is 1. The first-order valence-corrected chi connectivity index (χ1v) is 10.7. The van der Waals surface area contributed by atoms with Gasteiger partial charge in [-0.15, -0.1) is 11.8 Å². The van der Waals surface area contributed by atoms with Gasteiger partial charge >= 0.3 is 5.69 Å². The van der Waals surface area contributed by atoms with E-state index < -0.39 is 0 Å². The second kappa shape index (κ2) is 7.16. The molecule has 0 bridgehead atoms. The summed E-state index contributed by atoms with van der Waals surface area (Å²) in [5.74, 6) is 1.65. The molecule has 5 rings (SSSR count). The molecule has 1 aliphatic carbocycles. The summed E-state index contributed by atoms with van der Waals surface area (Å²) in [7, 11) is 1.66. The van der Waals surface area contributed by atoms with Crippen molar-refractivity contribution in [2.45, 2.75) is 42.2 Å². The lowest BCUT2D eigenvalue weighted by molar-refractivity contribution is 0.311. The van der Waals surface area contributed by atoms with Gasteiger partial charge in [-0.3, -0.25) is 4.40 Å². The normalized spacial score (nSPS) is 17.5. The maximum Gasteiger partial charge on any atom is 0.350 e. The number of rotatable bonds is 3. The summed E-state index contributed by atoms with van der Waals surface area (Å²) in [6.07, 6.45) is 10.3. The van der Waals surface area contributed by atoms with Crippen molar-refractivity contribution in [1.29, 1.82) is 0 Å². The third kappa shape index (κ3) is 3.15. The molecule has 0 unspecified atom stereocenters. The van der Waals surface area contributed by atoms with E-state index in [1.54, 1.807) is 17.6 Å². The van der Waals surface area contributed by atoms with Crippen molar-refractivity contribution in [3.8, 4) is 5.75 Å². The van der Waals surface area contributed by atoms with Crippen LogP contribution in [0.3, 0.4) is 0 Å². The topological polar surface area (TPSA) is 64.7 Å². The highest BCUT2D eigenvalue weighted by Gasteiger charge is 2.23. The molecule has 146 valence electrons. The highest BCUT2D eigenvalue weighted by Crippen LogP contribution is 2.40. The lowest BCUT2D eigenvalue weighted by Crippen LogP contribution is -2.29. The summed E-state index contributed by atoms with van der Waals surface area (Å²) in [4.78, 5) is 20.1. The molecule has 0 radical (unpaired) electrons. The van der Waals surface area contributed by atoms with Gasteiger partial charge in [0.15, 0.2) is 17.2 Å². The molecule has 0 aromatic carbocycles. The highest BCUT2D eigenvalue weighted by atomic mass is 32.2. The highest BCUT2D eigenvalue weighted by molar-refractivity contribution is 8.00. The fourth-order valence-corrected chi connectivity index (χ4v) is 5.25. The van der Waals surface area contributed by atoms with Crippen LogP contribution in [0.25, 0.3) is 5.65 Å². The lowest BCUT2D eigenvalue weighted by Gasteiger charge is -2.30. The fraction of sp³-hybridized carbons (Fsp3) is 0.450. The van der Waals surface area contributed by atoms with Crippen molar-refractivity contribution >= 4 is 28.9 Å². The van der Waals surface area contributed by atoms with Crippen molar-refractivity contribution in [2.24, 2.45) is 7.05 Å². The van der Waals surface area contributed by atoms with E-state index in [2.05, 4.69) is 16.1 Å². The SMILES string of the molecule is Cn1nc2cc(N3CCOc4cc(SC5CCCCC5)cnc43)ccn2c1=O. The largest absolute Gasteiger partial charge is 0.488 e. The van der Waals surface area contributed by atoms with Gasteiger partial charge in [-0.05, 0) is 25.0 Å². The van der Waals surface area contributed by atoms with Crippen LogP contribution in [0.5, 0.6) is 5.75 Å². The molecule has 8 heteroatoms. The van der Waals surface area contributed by atoms with E-state index in [4.69, 9.17) is 9.72 Å². The Kier molecular flexibility index (Phi) is 4.50. The van der Waals surface area contributed by atoms with Gasteiger partial charge in [0.25, 0.3) is 0 Å². The van der Waals surface area contributed by atoms with Crippen molar-refractivity contribution in [2.75, 3.05) is 18.1 Å². The molecule has 4 heterocycles. The standard InChI is InChI=1S/C20H23N5O2S/c1-23-20(26)25-8-7-14(11-18(25)22-23)24-9-10-27-17-12-16(13-21-19(17)24)28-15-5-3-2-4-6-15/h7-8,11-13,15H,2-6,9-10H2,1H3. The Morgan fingerprint density at radius 3 is 2.93 bits per heavy atom. The number of ether oxygens (including phenoxy) is 1. The predicted molar refractivity (Wildman–Crippen MR) is 110 cm³/mol. The van der Waals surface area contributed by atoms with Crippen LogP contribution in [0.4, 0.5) is 11.5 Å². The molecule has 0 saturated heterocycles. The number of hydrogen-bond acceptors (Lipinski definition) is 6. The van der Waals surface area contributed by atoms with Crippen LogP contribution in [-0.2, 0) is 7.05 Å². The molecule has 1 saturated carbocycles. The van der Waals surface area contributed by atoms with E-state index in [1.807, 2.05) is 30.1 Å². The molecule has 0 amide bonds. The van der Waals surface area contributed by atoms with Crippen LogP contribution in [0.15, 0.2) is 40.3 Å². The molecule has 3 aromatic heterocycles. The Bertz CT molecular complexity index is 1070. The van der Waals surface area contributed by atoms with Crippen LogP contribution >= 0.6 is 11.8 Å². The Labute approximate surface area is 167 Å². The number of hydrogen-bond donors (Lipinski definition) is 0. The molecule has 1 fully saturated rings. The maximum atomic E-state index is 12.0. The number of anilines is 2. The lowest BCUT2D eigenvalue weighted by atomic mass is 10.0. The molecule has 28 heavy (non-hydrogen) atoms. The van der Waals surface area contributed by atoms with Gasteiger partial charge < -0.3 is 9.64 Å². The minimum Gasteiger partial charge on any atom is -0.488 e. The number of aryl methyl sites for hydroxylation is 1. The molecular weight excluding hydrogens is 374 g/mol. The zero-order valence-corrected chi connectivity index (χ0v) is 16.7. The quantitative estimate of drug-likeness (QED) is 0.675. The van der Waals surface area contributed by atoms with Gasteiger partial charge in [0.05, 0.1) is 6.54 Å². The van der Waals surface area contributed by atoms with Crippen molar-refractivity contribution in [3.63, 3.8) is 0 Å². The molecule has 2 aliphatic rings. The molecule has 1 aliphatic heterocycles. The number of fused-ring (bicyclic) bond motifs is 2. The summed E-state index contributed by atoms with van der Waals surface area (Å²) in [6.45, 7) is 1.31. The predicted octanol–water partition coefficient (Wildman–Crippen LogP) is 3.38. The maximum absolute atomic E-state index is 12.0. The fourth-order valence-electron chi connectivity index (χ4n) is 4.01. The van der Waals surface area contributed by atoms with E-state index in [1.165, 1.54) is 41.7 Å². The minimum absolute atomic E-state index is 0.147. The Morgan fingerprint density at radius 2 is 2.07 bits per heavy atom.